The van der Waals surface area contributed by atoms with E-state index in [9.17, 15) is 0 Å². The normalized spacial score (nSPS) is 17.5. The molecule has 2 heterocycles. The molecule has 0 saturated carbocycles. The van der Waals surface area contributed by atoms with Crippen LogP contribution in [0.1, 0.15) is 38.8 Å². The van der Waals surface area contributed by atoms with Crippen LogP contribution < -0.4 is 10.6 Å². The van der Waals surface area contributed by atoms with Gasteiger partial charge in [0.1, 0.15) is 0 Å². The van der Waals surface area contributed by atoms with Crippen LogP contribution in [0.25, 0.3) is 0 Å². The van der Waals surface area contributed by atoms with Crippen LogP contribution in [0.5, 0.6) is 0 Å². The first-order valence-electron chi connectivity index (χ1n) is 8.19. The summed E-state index contributed by atoms with van der Waals surface area (Å²) in [6, 6.07) is 2.01. The van der Waals surface area contributed by atoms with Gasteiger partial charge in [-0.2, -0.15) is 5.10 Å². The summed E-state index contributed by atoms with van der Waals surface area (Å²) in [4.78, 5) is 6.89. The van der Waals surface area contributed by atoms with Crippen LogP contribution in [0.15, 0.2) is 17.3 Å². The smallest absolute Gasteiger partial charge is 0.191 e. The van der Waals surface area contributed by atoms with Crippen LogP contribution >= 0.6 is 0 Å². The Morgan fingerprint density at radius 3 is 2.59 bits per heavy atom. The molecule has 1 fully saturated rings. The largest absolute Gasteiger partial charge is 0.355 e. The van der Waals surface area contributed by atoms with Crippen molar-refractivity contribution in [3.8, 4) is 0 Å². The average molecular weight is 306 g/mol. The van der Waals surface area contributed by atoms with Gasteiger partial charge in [0.15, 0.2) is 5.96 Å². The molecule has 22 heavy (non-hydrogen) atoms. The van der Waals surface area contributed by atoms with Gasteiger partial charge in [0.05, 0.1) is 12.2 Å². The molecule has 0 aliphatic carbocycles. The summed E-state index contributed by atoms with van der Waals surface area (Å²) >= 11 is 0. The maximum atomic E-state index is 4.31. The summed E-state index contributed by atoms with van der Waals surface area (Å²) in [5, 5.41) is 11.0. The van der Waals surface area contributed by atoms with E-state index in [1.54, 1.807) is 0 Å². The highest BCUT2D eigenvalue weighted by Crippen LogP contribution is 2.19. The average Bonchev–Trinajstić information content (AvgIpc) is 2.93. The minimum Gasteiger partial charge on any atom is -0.355 e. The molecule has 1 saturated heterocycles. The standard InChI is InChI=1S/C16H30N6/c1-16(2,22-10-6-5-7-11-22)13-19-15(17-3)18-12-14-8-9-20-21(14)4/h8-9H,5-7,10-13H2,1-4H3,(H2,17,18,19). The molecule has 6 heteroatoms. The summed E-state index contributed by atoms with van der Waals surface area (Å²) in [7, 11) is 3.76. The van der Waals surface area contributed by atoms with Crippen LogP contribution in [0.2, 0.25) is 0 Å². The zero-order valence-electron chi connectivity index (χ0n) is 14.4. The highest BCUT2D eigenvalue weighted by Gasteiger charge is 2.27. The monoisotopic (exact) mass is 306 g/mol. The molecule has 1 aliphatic rings. The molecule has 1 aliphatic heterocycles. The zero-order chi connectivity index (χ0) is 16.0. The maximum absolute atomic E-state index is 4.31. The molecule has 0 aromatic carbocycles. The Balaban J connectivity index is 1.81. The molecule has 0 unspecified atom stereocenters. The van der Waals surface area contributed by atoms with Gasteiger partial charge in [0.25, 0.3) is 0 Å². The summed E-state index contributed by atoms with van der Waals surface area (Å²) in [5.74, 6) is 0.839. The maximum Gasteiger partial charge on any atom is 0.191 e. The van der Waals surface area contributed by atoms with E-state index in [1.807, 2.05) is 31.0 Å². The molecular formula is C16H30N6. The Kier molecular flexibility index (Phi) is 5.83. The van der Waals surface area contributed by atoms with Crippen LogP contribution in [0.4, 0.5) is 0 Å². The van der Waals surface area contributed by atoms with E-state index in [-0.39, 0.29) is 5.54 Å². The van der Waals surface area contributed by atoms with Crippen molar-refractivity contribution < 1.29 is 0 Å². The van der Waals surface area contributed by atoms with E-state index >= 15 is 0 Å². The fraction of sp³-hybridized carbons (Fsp3) is 0.750. The Morgan fingerprint density at radius 1 is 1.27 bits per heavy atom. The second kappa shape index (κ2) is 7.63. The lowest BCUT2D eigenvalue weighted by molar-refractivity contribution is 0.0982. The van der Waals surface area contributed by atoms with Gasteiger partial charge in [-0.1, -0.05) is 6.42 Å². The fourth-order valence-electron chi connectivity index (χ4n) is 2.88. The molecule has 0 amide bonds. The Hall–Kier alpha value is -1.56. The van der Waals surface area contributed by atoms with E-state index in [0.717, 1.165) is 24.7 Å². The number of piperidine rings is 1. The quantitative estimate of drug-likeness (QED) is 0.637. The van der Waals surface area contributed by atoms with Gasteiger partial charge >= 0.3 is 0 Å². The summed E-state index contributed by atoms with van der Waals surface area (Å²) in [6.07, 6.45) is 5.81. The van der Waals surface area contributed by atoms with Gasteiger partial charge in [0, 0.05) is 32.4 Å². The molecule has 0 spiro atoms. The van der Waals surface area contributed by atoms with Crippen molar-refractivity contribution in [1.29, 1.82) is 0 Å². The second-order valence-corrected chi connectivity index (χ2v) is 6.59. The fourth-order valence-corrected chi connectivity index (χ4v) is 2.88. The summed E-state index contributed by atoms with van der Waals surface area (Å²) < 4.78 is 1.87. The number of rotatable bonds is 5. The van der Waals surface area contributed by atoms with E-state index < -0.39 is 0 Å². The lowest BCUT2D eigenvalue weighted by Crippen LogP contribution is -2.54. The summed E-state index contributed by atoms with van der Waals surface area (Å²) in [5.41, 5.74) is 1.28. The predicted octanol–water partition coefficient (Wildman–Crippen LogP) is 1.35. The second-order valence-electron chi connectivity index (χ2n) is 6.59. The van der Waals surface area contributed by atoms with Crippen molar-refractivity contribution in [2.75, 3.05) is 26.7 Å². The van der Waals surface area contributed by atoms with Crippen molar-refractivity contribution in [2.24, 2.45) is 12.0 Å². The molecule has 1 aromatic rings. The highest BCUT2D eigenvalue weighted by atomic mass is 15.3. The Bertz CT molecular complexity index is 485. The van der Waals surface area contributed by atoms with E-state index in [2.05, 4.69) is 39.5 Å². The number of aliphatic imine (C=N–C) groups is 1. The number of aryl methyl sites for hydroxylation is 1. The Labute approximate surface area is 134 Å². The lowest BCUT2D eigenvalue weighted by Gasteiger charge is -2.41. The number of guanidine groups is 1. The van der Waals surface area contributed by atoms with Gasteiger partial charge in [-0.15, -0.1) is 0 Å². The van der Waals surface area contributed by atoms with Crippen molar-refractivity contribution in [3.05, 3.63) is 18.0 Å². The minimum absolute atomic E-state index is 0.143. The number of likely N-dealkylation sites (tertiary alicyclic amines) is 1. The molecule has 124 valence electrons. The number of nitrogens with one attached hydrogen (secondary N) is 2. The molecule has 1 aromatic heterocycles. The molecule has 0 bridgehead atoms. The topological polar surface area (TPSA) is 57.5 Å². The first kappa shape index (κ1) is 16.8. The third kappa shape index (κ3) is 4.47. The highest BCUT2D eigenvalue weighted by molar-refractivity contribution is 5.79. The lowest BCUT2D eigenvalue weighted by atomic mass is 9.98. The van der Waals surface area contributed by atoms with Crippen molar-refractivity contribution >= 4 is 5.96 Å². The van der Waals surface area contributed by atoms with E-state index in [4.69, 9.17) is 0 Å². The van der Waals surface area contributed by atoms with E-state index in [1.165, 1.54) is 32.4 Å². The predicted molar refractivity (Wildman–Crippen MR) is 90.9 cm³/mol. The van der Waals surface area contributed by atoms with Crippen LogP contribution in [0, 0.1) is 0 Å². The number of aromatic nitrogens is 2. The first-order chi connectivity index (χ1) is 10.5. The Morgan fingerprint density at radius 2 is 2.00 bits per heavy atom. The SMILES string of the molecule is CN=C(NCc1ccnn1C)NCC(C)(C)N1CCCCC1. The number of nitrogens with zero attached hydrogens (tertiary/aromatic N) is 4. The first-order valence-corrected chi connectivity index (χ1v) is 8.19. The minimum atomic E-state index is 0.143. The number of hydrogen-bond acceptors (Lipinski definition) is 3. The van der Waals surface area contributed by atoms with Crippen LogP contribution in [-0.4, -0.2) is 52.9 Å². The van der Waals surface area contributed by atoms with Gasteiger partial charge in [-0.3, -0.25) is 14.6 Å². The molecule has 2 N–H and O–H groups in total. The molecule has 6 nitrogen and oxygen atoms in total. The van der Waals surface area contributed by atoms with Gasteiger partial charge in [0.2, 0.25) is 0 Å². The van der Waals surface area contributed by atoms with Crippen molar-refractivity contribution in [2.45, 2.75) is 45.2 Å². The van der Waals surface area contributed by atoms with Gasteiger partial charge in [-0.05, 0) is 45.8 Å². The van der Waals surface area contributed by atoms with Crippen LogP contribution in [-0.2, 0) is 13.6 Å². The third-order valence-corrected chi connectivity index (χ3v) is 4.48. The third-order valence-electron chi connectivity index (χ3n) is 4.48. The van der Waals surface area contributed by atoms with Crippen molar-refractivity contribution in [3.63, 3.8) is 0 Å². The van der Waals surface area contributed by atoms with E-state index in [0.29, 0.717) is 0 Å². The van der Waals surface area contributed by atoms with Crippen LogP contribution in [0.3, 0.4) is 0 Å². The molecule has 2 rings (SSSR count). The molecular weight excluding hydrogens is 276 g/mol. The zero-order valence-corrected chi connectivity index (χ0v) is 14.4. The molecule has 0 radical (unpaired) electrons. The van der Waals surface area contributed by atoms with Crippen molar-refractivity contribution in [1.82, 2.24) is 25.3 Å². The van der Waals surface area contributed by atoms with Gasteiger partial charge < -0.3 is 10.6 Å². The summed E-state index contributed by atoms with van der Waals surface area (Å²) in [6.45, 7) is 8.63. The molecule has 0 atom stereocenters. The van der Waals surface area contributed by atoms with Gasteiger partial charge in [-0.25, -0.2) is 0 Å². The number of hydrogen-bond donors (Lipinski definition) is 2.